The molecule has 3 nitrogen and oxygen atoms in total. The highest BCUT2D eigenvalue weighted by molar-refractivity contribution is 5.96. The Labute approximate surface area is 160 Å². The van der Waals surface area contributed by atoms with Gasteiger partial charge in [0, 0.05) is 12.0 Å². The van der Waals surface area contributed by atoms with Crippen molar-refractivity contribution in [1.82, 2.24) is 0 Å². The zero-order valence-corrected chi connectivity index (χ0v) is 16.5. The molecule has 0 aromatic heterocycles. The number of anilines is 1. The normalized spacial score (nSPS) is 22.6. The number of hydrogen-bond acceptors (Lipinski definition) is 2. The molecule has 0 fully saturated rings. The quantitative estimate of drug-likeness (QED) is 0.745. The molecule has 132 valence electrons. The van der Waals surface area contributed by atoms with E-state index in [1.807, 2.05) is 0 Å². The largest absolute Gasteiger partial charge is 1.00 e. The van der Waals surface area contributed by atoms with Crippen molar-refractivity contribution in [3.05, 3.63) is 65.2 Å². The Hall–Kier alpha value is -1.65. The molecule has 0 saturated carbocycles. The highest BCUT2D eigenvalue weighted by Gasteiger charge is 2.52. The van der Waals surface area contributed by atoms with E-state index in [9.17, 15) is 5.11 Å². The van der Waals surface area contributed by atoms with Crippen LogP contribution in [0, 0.1) is 13.8 Å². The molecule has 25 heavy (non-hydrogen) atoms. The molecule has 2 aromatic carbocycles. The fraction of sp³-hybridized carbons (Fsp3) is 0.381. The van der Waals surface area contributed by atoms with E-state index in [0.717, 1.165) is 24.9 Å². The molecule has 0 radical (unpaired) electrons. The lowest BCUT2D eigenvalue weighted by Gasteiger charge is -2.24. The number of halogens is 1. The second-order valence-corrected chi connectivity index (χ2v) is 7.08. The van der Waals surface area contributed by atoms with Gasteiger partial charge in [-0.3, -0.25) is 0 Å². The van der Waals surface area contributed by atoms with Crippen LogP contribution in [0.1, 0.15) is 36.0 Å². The minimum absolute atomic E-state index is 0. The summed E-state index contributed by atoms with van der Waals surface area (Å²) in [6.45, 7) is 5.74. The van der Waals surface area contributed by atoms with Crippen LogP contribution < -0.4 is 21.9 Å². The fourth-order valence-electron chi connectivity index (χ4n) is 4.05. The van der Waals surface area contributed by atoms with Gasteiger partial charge in [0.1, 0.15) is 5.69 Å². The molecule has 1 N–H and O–H groups in total. The minimum Gasteiger partial charge on any atom is -1.00 e. The number of aryl methyl sites for hydroxylation is 2. The van der Waals surface area contributed by atoms with E-state index in [1.165, 1.54) is 29.1 Å². The van der Waals surface area contributed by atoms with Crippen LogP contribution in [0.15, 0.2) is 48.5 Å². The second-order valence-electron chi connectivity index (χ2n) is 7.08. The van der Waals surface area contributed by atoms with Gasteiger partial charge >= 0.3 is 0 Å². The summed E-state index contributed by atoms with van der Waals surface area (Å²) < 4.78 is 2.23. The first-order chi connectivity index (χ1) is 11.6. The highest BCUT2D eigenvalue weighted by Crippen LogP contribution is 2.36. The second kappa shape index (κ2) is 6.93. The van der Waals surface area contributed by atoms with Gasteiger partial charge in [0.15, 0.2) is 6.54 Å². The lowest BCUT2D eigenvalue weighted by Crippen LogP contribution is -3.00. The number of β-amino-alcohol motifs (C(OH)–C–C–N with tert-alkyl or cyclic N) is 1. The Bertz CT molecular complexity index is 800. The van der Waals surface area contributed by atoms with E-state index in [-0.39, 0.29) is 17.0 Å². The average Bonchev–Trinajstić information content (AvgIpc) is 2.90. The van der Waals surface area contributed by atoms with E-state index in [0.29, 0.717) is 6.54 Å². The van der Waals surface area contributed by atoms with Gasteiger partial charge in [-0.2, -0.15) is 0 Å². The van der Waals surface area contributed by atoms with Crippen LogP contribution in [-0.4, -0.2) is 28.6 Å². The molecule has 2 aliphatic heterocycles. The van der Waals surface area contributed by atoms with Crippen molar-refractivity contribution >= 4 is 11.5 Å². The van der Waals surface area contributed by atoms with Crippen molar-refractivity contribution in [2.45, 2.75) is 38.8 Å². The average molecular weight is 401 g/mol. The molecule has 2 aromatic rings. The third kappa shape index (κ3) is 3.02. The van der Waals surface area contributed by atoms with Gasteiger partial charge in [-0.05, 0) is 38.3 Å². The zero-order valence-electron chi connectivity index (χ0n) is 14.9. The van der Waals surface area contributed by atoms with Gasteiger partial charge in [-0.25, -0.2) is 9.48 Å². The number of rotatable bonds is 2. The van der Waals surface area contributed by atoms with E-state index in [1.54, 1.807) is 0 Å². The molecule has 0 aliphatic carbocycles. The molecule has 0 spiro atoms. The summed E-state index contributed by atoms with van der Waals surface area (Å²) in [6.07, 6.45) is 3.36. The van der Waals surface area contributed by atoms with Crippen LogP contribution >= 0.6 is 0 Å². The van der Waals surface area contributed by atoms with Crippen molar-refractivity contribution in [2.75, 3.05) is 18.0 Å². The Morgan fingerprint density at radius 1 is 1.00 bits per heavy atom. The van der Waals surface area contributed by atoms with Crippen molar-refractivity contribution < 1.29 is 26.7 Å². The highest BCUT2D eigenvalue weighted by atomic mass is 79.9. The number of amidine groups is 1. The Balaban J connectivity index is 0.00000182. The minimum atomic E-state index is -0.939. The van der Waals surface area contributed by atoms with Crippen LogP contribution in [0.4, 0.5) is 5.69 Å². The number of aliphatic hydroxyl groups is 1. The maximum Gasteiger partial charge on any atom is 0.271 e. The smallest absolute Gasteiger partial charge is 0.271 e. The van der Waals surface area contributed by atoms with Crippen molar-refractivity contribution in [3.63, 3.8) is 0 Å². The molecular weight excluding hydrogens is 376 g/mol. The van der Waals surface area contributed by atoms with Gasteiger partial charge in [-0.1, -0.05) is 48.0 Å². The Morgan fingerprint density at radius 3 is 2.44 bits per heavy atom. The molecule has 4 heteroatoms. The predicted molar refractivity (Wildman–Crippen MR) is 97.6 cm³/mol. The maximum atomic E-state index is 11.6. The molecule has 0 saturated heterocycles. The molecule has 0 bridgehead atoms. The van der Waals surface area contributed by atoms with Crippen LogP contribution in [-0.2, 0) is 5.72 Å². The zero-order chi connectivity index (χ0) is 16.7. The summed E-state index contributed by atoms with van der Waals surface area (Å²) in [5.41, 5.74) is 3.74. The first kappa shape index (κ1) is 18.2. The molecule has 1 atom stereocenters. The van der Waals surface area contributed by atoms with Crippen molar-refractivity contribution in [1.29, 1.82) is 0 Å². The first-order valence-corrected chi connectivity index (χ1v) is 8.86. The lowest BCUT2D eigenvalue weighted by atomic mass is 10.00. The van der Waals surface area contributed by atoms with Crippen molar-refractivity contribution in [3.8, 4) is 0 Å². The number of benzene rings is 2. The molecule has 2 aliphatic rings. The third-order valence-corrected chi connectivity index (χ3v) is 5.40. The Kier molecular flexibility index (Phi) is 5.03. The molecule has 1 unspecified atom stereocenters. The van der Waals surface area contributed by atoms with Crippen LogP contribution in [0.25, 0.3) is 0 Å². The number of para-hydroxylation sites is 1. The van der Waals surface area contributed by atoms with Gasteiger partial charge in [0.05, 0.1) is 6.54 Å². The molecule has 0 amide bonds. The maximum absolute atomic E-state index is 11.6. The standard InChI is InChI=1S/C21H25N2O.BrH/c1-16-10-12-18(13-11-16)21(24)15-22(19-8-4-3-7-17(19)2)20-9-5-6-14-23(20)21;/h3-4,7-8,10-13,24H,5-6,9,14-15H2,1-2H3;1H/q+1;/p-1. The van der Waals surface area contributed by atoms with Gasteiger partial charge in [0.25, 0.3) is 11.6 Å². The van der Waals surface area contributed by atoms with E-state index >= 15 is 0 Å². The van der Waals surface area contributed by atoms with E-state index in [4.69, 9.17) is 0 Å². The molecule has 4 rings (SSSR count). The summed E-state index contributed by atoms with van der Waals surface area (Å²) >= 11 is 0. The van der Waals surface area contributed by atoms with Crippen molar-refractivity contribution in [2.24, 2.45) is 0 Å². The summed E-state index contributed by atoms with van der Waals surface area (Å²) in [4.78, 5) is 2.33. The predicted octanol–water partition coefficient (Wildman–Crippen LogP) is 0.568. The van der Waals surface area contributed by atoms with Crippen LogP contribution in [0.3, 0.4) is 0 Å². The van der Waals surface area contributed by atoms with Gasteiger partial charge in [0.2, 0.25) is 0 Å². The van der Waals surface area contributed by atoms with Crippen LogP contribution in [0.5, 0.6) is 0 Å². The first-order valence-electron chi connectivity index (χ1n) is 8.86. The number of nitrogens with zero attached hydrogens (tertiary/aromatic N) is 2. The topological polar surface area (TPSA) is 26.5 Å². The summed E-state index contributed by atoms with van der Waals surface area (Å²) in [5, 5.41) is 11.6. The number of hydrogen-bond donors (Lipinski definition) is 1. The summed E-state index contributed by atoms with van der Waals surface area (Å²) in [5.74, 6) is 1.26. The molecule has 2 heterocycles. The summed E-state index contributed by atoms with van der Waals surface area (Å²) in [6, 6.07) is 16.8. The lowest BCUT2D eigenvalue weighted by molar-refractivity contribution is -0.661. The SMILES string of the molecule is Cc1ccc(C2(O)CN(c3ccccc3C)C3=[N+]2CCCC3)cc1.[Br-]. The van der Waals surface area contributed by atoms with E-state index < -0.39 is 5.72 Å². The Morgan fingerprint density at radius 2 is 1.72 bits per heavy atom. The van der Waals surface area contributed by atoms with Gasteiger partial charge < -0.3 is 22.1 Å². The fourth-order valence-corrected chi connectivity index (χ4v) is 4.05. The monoisotopic (exact) mass is 400 g/mol. The van der Waals surface area contributed by atoms with E-state index in [2.05, 4.69) is 71.9 Å². The molecular formula is C21H25BrN2O. The summed E-state index contributed by atoms with van der Waals surface area (Å²) in [7, 11) is 0. The third-order valence-electron chi connectivity index (χ3n) is 5.40. The van der Waals surface area contributed by atoms with Gasteiger partial charge in [-0.15, -0.1) is 0 Å². The van der Waals surface area contributed by atoms with Crippen LogP contribution in [0.2, 0.25) is 0 Å².